The van der Waals surface area contributed by atoms with Crippen molar-refractivity contribution in [2.24, 2.45) is 0 Å². The molecule has 5 aromatic rings. The van der Waals surface area contributed by atoms with Gasteiger partial charge in [-0.3, -0.25) is 0 Å². The fourth-order valence-corrected chi connectivity index (χ4v) is 5.52. The van der Waals surface area contributed by atoms with Crippen molar-refractivity contribution in [2.45, 2.75) is 45.6 Å². The third kappa shape index (κ3) is 4.28. The van der Waals surface area contributed by atoms with Gasteiger partial charge in [0, 0.05) is 17.8 Å². The Morgan fingerprint density at radius 3 is 2.58 bits per heavy atom. The number of imidazole rings is 1. The molecule has 0 unspecified atom stereocenters. The van der Waals surface area contributed by atoms with E-state index >= 15 is 4.39 Å². The van der Waals surface area contributed by atoms with Gasteiger partial charge in [-0.25, -0.2) is 28.7 Å². The molecule has 1 aliphatic heterocycles. The van der Waals surface area contributed by atoms with Crippen LogP contribution >= 0.6 is 0 Å². The zero-order chi connectivity index (χ0) is 26.6. The van der Waals surface area contributed by atoms with Crippen LogP contribution in [0.2, 0.25) is 0 Å². The number of aromatic nitrogens is 6. The van der Waals surface area contributed by atoms with E-state index < -0.39 is 11.6 Å². The van der Waals surface area contributed by atoms with Crippen LogP contribution < -0.4 is 5.32 Å². The van der Waals surface area contributed by atoms with E-state index in [0.717, 1.165) is 43.2 Å². The van der Waals surface area contributed by atoms with Crippen LogP contribution in [0.1, 0.15) is 50.0 Å². The number of fused-ring (bicyclic) bond motifs is 2. The first kappa shape index (κ1) is 24.4. The Morgan fingerprint density at radius 1 is 1.03 bits per heavy atom. The van der Waals surface area contributed by atoms with Crippen molar-refractivity contribution >= 4 is 33.8 Å². The third-order valence-electron chi connectivity index (χ3n) is 7.41. The van der Waals surface area contributed by atoms with Crippen molar-refractivity contribution in [3.05, 3.63) is 59.7 Å². The number of H-pyrrole nitrogens is 1. The topological polar surface area (TPSA) is 87.6 Å². The molecule has 196 valence electrons. The fraction of sp³-hybridized carbons (Fsp3) is 0.357. The predicted octanol–water partition coefficient (Wildman–Crippen LogP) is 6.09. The van der Waals surface area contributed by atoms with Crippen molar-refractivity contribution in [3.8, 4) is 11.3 Å². The first-order valence-electron chi connectivity index (χ1n) is 12.9. The summed E-state index contributed by atoms with van der Waals surface area (Å²) in [6, 6.07) is 6.86. The number of likely N-dealkylation sites (tertiary alicyclic amines) is 1. The molecular formula is C28H30F2N8. The van der Waals surface area contributed by atoms with Crippen LogP contribution in [-0.2, 0) is 0 Å². The number of anilines is 2. The van der Waals surface area contributed by atoms with Gasteiger partial charge >= 0.3 is 0 Å². The molecule has 0 amide bonds. The van der Waals surface area contributed by atoms with E-state index in [2.05, 4.69) is 43.4 Å². The molecule has 5 heterocycles. The van der Waals surface area contributed by atoms with Gasteiger partial charge in [0.05, 0.1) is 22.7 Å². The first-order chi connectivity index (χ1) is 18.3. The molecule has 2 N–H and O–H groups in total. The standard InChI is InChI=1S/C28H30F2N8/c1-15(2)38-16(3)33-27-20(29)11-18(12-23(27)38)25-21(30)14-32-28(36-25)35-24-6-5-22-26(34-24)19(13-31-22)17-7-9-37(4)10-8-17/h5-6,11-15,17,31H,7-10H2,1-4H3,(H,32,34,35,36). The summed E-state index contributed by atoms with van der Waals surface area (Å²) in [6.07, 6.45) is 5.32. The van der Waals surface area contributed by atoms with Crippen molar-refractivity contribution in [1.29, 1.82) is 0 Å². The fourth-order valence-electron chi connectivity index (χ4n) is 5.52. The summed E-state index contributed by atoms with van der Waals surface area (Å²) in [7, 11) is 2.15. The summed E-state index contributed by atoms with van der Waals surface area (Å²) in [5, 5.41) is 3.11. The Hall–Kier alpha value is -3.92. The molecule has 0 atom stereocenters. The predicted molar refractivity (Wildman–Crippen MR) is 145 cm³/mol. The molecule has 38 heavy (non-hydrogen) atoms. The van der Waals surface area contributed by atoms with Gasteiger partial charge in [-0.1, -0.05) is 0 Å². The molecule has 1 fully saturated rings. The van der Waals surface area contributed by atoms with Gasteiger partial charge in [0.25, 0.3) is 0 Å². The summed E-state index contributed by atoms with van der Waals surface area (Å²) in [4.78, 5) is 23.4. The lowest BCUT2D eigenvalue weighted by molar-refractivity contribution is 0.256. The highest BCUT2D eigenvalue weighted by Gasteiger charge is 2.22. The van der Waals surface area contributed by atoms with E-state index in [9.17, 15) is 4.39 Å². The van der Waals surface area contributed by atoms with Crippen LogP contribution in [0.3, 0.4) is 0 Å². The quantitative estimate of drug-likeness (QED) is 0.294. The van der Waals surface area contributed by atoms with Gasteiger partial charge in [0.15, 0.2) is 11.6 Å². The third-order valence-corrected chi connectivity index (χ3v) is 7.41. The minimum Gasteiger partial charge on any atom is -0.360 e. The van der Waals surface area contributed by atoms with Gasteiger partial charge in [0.1, 0.15) is 22.9 Å². The molecule has 0 radical (unpaired) electrons. The van der Waals surface area contributed by atoms with Crippen molar-refractivity contribution < 1.29 is 8.78 Å². The maximum Gasteiger partial charge on any atom is 0.229 e. The van der Waals surface area contributed by atoms with E-state index in [0.29, 0.717) is 28.6 Å². The summed E-state index contributed by atoms with van der Waals surface area (Å²) in [5.74, 6) is 0.720. The summed E-state index contributed by atoms with van der Waals surface area (Å²) in [6.45, 7) is 7.95. The lowest BCUT2D eigenvalue weighted by atomic mass is 9.91. The van der Waals surface area contributed by atoms with Crippen LogP contribution in [0, 0.1) is 18.6 Å². The summed E-state index contributed by atoms with van der Waals surface area (Å²) in [5.41, 5.74) is 4.27. The number of rotatable bonds is 5. The van der Waals surface area contributed by atoms with Gasteiger partial charge in [-0.05, 0) is 89.5 Å². The molecule has 6 rings (SSSR count). The van der Waals surface area contributed by atoms with Gasteiger partial charge in [-0.15, -0.1) is 0 Å². The molecule has 0 aliphatic carbocycles. The van der Waals surface area contributed by atoms with Gasteiger partial charge < -0.3 is 19.8 Å². The second kappa shape index (κ2) is 9.43. The maximum absolute atomic E-state index is 15.0. The van der Waals surface area contributed by atoms with Gasteiger partial charge in [-0.2, -0.15) is 0 Å². The molecule has 0 bridgehead atoms. The van der Waals surface area contributed by atoms with Gasteiger partial charge in [0.2, 0.25) is 5.95 Å². The number of piperidine rings is 1. The zero-order valence-corrected chi connectivity index (χ0v) is 21.9. The van der Waals surface area contributed by atoms with E-state index in [-0.39, 0.29) is 23.2 Å². The number of halogens is 2. The van der Waals surface area contributed by atoms with Crippen LogP contribution in [0.25, 0.3) is 33.3 Å². The highest BCUT2D eigenvalue weighted by molar-refractivity contribution is 5.84. The molecule has 1 aromatic carbocycles. The normalized spacial score (nSPS) is 15.2. The van der Waals surface area contributed by atoms with Crippen LogP contribution in [0.4, 0.5) is 20.5 Å². The Balaban J connectivity index is 1.34. The molecule has 8 nitrogen and oxygen atoms in total. The maximum atomic E-state index is 15.0. The average molecular weight is 517 g/mol. The molecule has 10 heteroatoms. The Kier molecular flexibility index (Phi) is 6.06. The number of hydrogen-bond donors (Lipinski definition) is 2. The largest absolute Gasteiger partial charge is 0.360 e. The highest BCUT2D eigenvalue weighted by Crippen LogP contribution is 2.33. The lowest BCUT2D eigenvalue weighted by Gasteiger charge is -2.28. The molecule has 0 saturated carbocycles. The second-order valence-corrected chi connectivity index (χ2v) is 10.4. The molecular weight excluding hydrogens is 486 g/mol. The Bertz CT molecular complexity index is 1650. The smallest absolute Gasteiger partial charge is 0.229 e. The van der Waals surface area contributed by atoms with Crippen LogP contribution in [0.5, 0.6) is 0 Å². The number of hydrogen-bond acceptors (Lipinski definition) is 6. The second-order valence-electron chi connectivity index (χ2n) is 10.4. The summed E-state index contributed by atoms with van der Waals surface area (Å²) < 4.78 is 31.9. The number of nitrogens with zero attached hydrogens (tertiary/aromatic N) is 6. The Labute approximate surface area is 219 Å². The molecule has 1 saturated heterocycles. The lowest BCUT2D eigenvalue weighted by Crippen LogP contribution is -2.29. The minimum absolute atomic E-state index is 0.00666. The van der Waals surface area contributed by atoms with E-state index in [1.54, 1.807) is 6.07 Å². The zero-order valence-electron chi connectivity index (χ0n) is 21.9. The van der Waals surface area contributed by atoms with E-state index in [1.807, 2.05) is 37.5 Å². The highest BCUT2D eigenvalue weighted by atomic mass is 19.1. The average Bonchev–Trinajstić information content (AvgIpc) is 3.46. The van der Waals surface area contributed by atoms with E-state index in [1.165, 1.54) is 11.6 Å². The summed E-state index contributed by atoms with van der Waals surface area (Å²) >= 11 is 0. The van der Waals surface area contributed by atoms with Crippen molar-refractivity contribution in [1.82, 2.24) is 34.4 Å². The van der Waals surface area contributed by atoms with Crippen molar-refractivity contribution in [2.75, 3.05) is 25.5 Å². The number of aryl methyl sites for hydroxylation is 1. The number of aromatic amines is 1. The minimum atomic E-state index is -0.639. The van der Waals surface area contributed by atoms with Crippen LogP contribution in [-0.4, -0.2) is 54.5 Å². The molecule has 1 aliphatic rings. The number of benzene rings is 1. The molecule has 4 aromatic heterocycles. The number of nitrogens with one attached hydrogen (secondary N) is 2. The van der Waals surface area contributed by atoms with E-state index in [4.69, 9.17) is 4.98 Å². The number of pyridine rings is 1. The van der Waals surface area contributed by atoms with Crippen molar-refractivity contribution in [3.63, 3.8) is 0 Å². The van der Waals surface area contributed by atoms with Crippen LogP contribution in [0.15, 0.2) is 36.7 Å². The first-order valence-corrected chi connectivity index (χ1v) is 12.9. The molecule has 0 spiro atoms. The SMILES string of the molecule is Cc1nc2c(F)cc(-c3nc(Nc4ccc5[nH]cc(C6CCN(C)CC6)c5n4)ncc3F)cc2n1C(C)C. The monoisotopic (exact) mass is 516 g/mol. The Morgan fingerprint density at radius 2 is 1.82 bits per heavy atom.